The van der Waals surface area contributed by atoms with Crippen LogP contribution in [0.4, 0.5) is 5.69 Å². The summed E-state index contributed by atoms with van der Waals surface area (Å²) in [6.07, 6.45) is 0.336. The highest BCUT2D eigenvalue weighted by Crippen LogP contribution is 2.18. The van der Waals surface area contributed by atoms with Gasteiger partial charge in [0.1, 0.15) is 0 Å². The fourth-order valence-corrected chi connectivity index (χ4v) is 3.17. The predicted molar refractivity (Wildman–Crippen MR) is 103 cm³/mol. The molecule has 0 bridgehead atoms. The number of anilines is 1. The number of carbonyl (C=O) groups is 2. The van der Waals surface area contributed by atoms with Crippen LogP contribution in [0.3, 0.4) is 0 Å². The third-order valence-corrected chi connectivity index (χ3v) is 4.66. The average Bonchev–Trinajstić information content (AvgIpc) is 2.68. The Balaban J connectivity index is 1.42. The van der Waals surface area contributed by atoms with Crippen LogP contribution in [0.1, 0.15) is 22.3 Å². The molecule has 0 spiro atoms. The Kier molecular flexibility index (Phi) is 5.89. The number of hydrogen-bond acceptors (Lipinski definition) is 3. The number of nitrogens with one attached hydrogen (secondary N) is 1. The molecule has 1 N–H and O–H groups in total. The number of amides is 2. The number of rotatable bonds is 5. The van der Waals surface area contributed by atoms with Gasteiger partial charge in [-0.2, -0.15) is 0 Å². The van der Waals surface area contributed by atoms with Crippen LogP contribution in [0.5, 0.6) is 0 Å². The van der Waals surface area contributed by atoms with E-state index in [1.165, 1.54) is 11.3 Å². The monoisotopic (exact) mass is 351 g/mol. The Morgan fingerprint density at radius 2 is 1.69 bits per heavy atom. The fourth-order valence-electron chi connectivity index (χ4n) is 3.17. The van der Waals surface area contributed by atoms with Gasteiger partial charge in [-0.1, -0.05) is 30.3 Å². The predicted octanol–water partition coefficient (Wildman–Crippen LogP) is 2.46. The van der Waals surface area contributed by atoms with Crippen LogP contribution in [0, 0.1) is 6.92 Å². The Labute approximate surface area is 154 Å². The van der Waals surface area contributed by atoms with E-state index in [1.54, 1.807) is 12.1 Å². The summed E-state index contributed by atoms with van der Waals surface area (Å²) < 4.78 is 0. The van der Waals surface area contributed by atoms with Gasteiger partial charge in [-0.25, -0.2) is 0 Å². The van der Waals surface area contributed by atoms with Crippen molar-refractivity contribution in [2.75, 3.05) is 37.6 Å². The van der Waals surface area contributed by atoms with Gasteiger partial charge in [-0.3, -0.25) is 9.59 Å². The van der Waals surface area contributed by atoms with Crippen LogP contribution in [0.15, 0.2) is 54.6 Å². The number of benzene rings is 2. The van der Waals surface area contributed by atoms with Gasteiger partial charge in [0.2, 0.25) is 5.91 Å². The molecule has 1 heterocycles. The molecule has 2 amide bonds. The van der Waals surface area contributed by atoms with Crippen LogP contribution in [0.2, 0.25) is 0 Å². The van der Waals surface area contributed by atoms with Crippen molar-refractivity contribution in [1.29, 1.82) is 0 Å². The minimum atomic E-state index is -0.136. The minimum absolute atomic E-state index is 0.0993. The molecule has 2 aromatic carbocycles. The topological polar surface area (TPSA) is 52.6 Å². The van der Waals surface area contributed by atoms with E-state index in [2.05, 4.69) is 41.4 Å². The maximum Gasteiger partial charge on any atom is 0.251 e. The summed E-state index contributed by atoms with van der Waals surface area (Å²) in [5, 5.41) is 2.81. The summed E-state index contributed by atoms with van der Waals surface area (Å²) in [4.78, 5) is 28.6. The molecule has 5 heteroatoms. The molecule has 5 nitrogen and oxygen atoms in total. The lowest BCUT2D eigenvalue weighted by atomic mass is 10.2. The molecule has 0 unspecified atom stereocenters. The van der Waals surface area contributed by atoms with E-state index in [9.17, 15) is 9.59 Å². The van der Waals surface area contributed by atoms with E-state index >= 15 is 0 Å². The second-order valence-electron chi connectivity index (χ2n) is 6.58. The lowest BCUT2D eigenvalue weighted by Crippen LogP contribution is -2.49. The van der Waals surface area contributed by atoms with Crippen LogP contribution in [-0.4, -0.2) is 49.4 Å². The number of nitrogens with zero attached hydrogens (tertiary/aromatic N) is 2. The zero-order valence-electron chi connectivity index (χ0n) is 15.1. The molecule has 0 radical (unpaired) electrons. The highest BCUT2D eigenvalue weighted by Gasteiger charge is 2.21. The minimum Gasteiger partial charge on any atom is -0.368 e. The maximum atomic E-state index is 12.4. The molecule has 26 heavy (non-hydrogen) atoms. The first-order chi connectivity index (χ1) is 12.6. The third kappa shape index (κ3) is 4.63. The quantitative estimate of drug-likeness (QED) is 0.900. The maximum absolute atomic E-state index is 12.4. The van der Waals surface area contributed by atoms with Crippen molar-refractivity contribution >= 4 is 17.5 Å². The van der Waals surface area contributed by atoms with Gasteiger partial charge < -0.3 is 15.1 Å². The standard InChI is InChI=1S/C21H25N3O2/c1-17-6-5-9-19(16-17)23-12-14-24(15-13-23)20(25)10-11-22-21(26)18-7-3-2-4-8-18/h2-9,16H,10-15H2,1H3,(H,22,26). The highest BCUT2D eigenvalue weighted by molar-refractivity contribution is 5.94. The third-order valence-electron chi connectivity index (χ3n) is 4.66. The second-order valence-corrected chi connectivity index (χ2v) is 6.58. The van der Waals surface area contributed by atoms with Crippen molar-refractivity contribution in [1.82, 2.24) is 10.2 Å². The lowest BCUT2D eigenvalue weighted by Gasteiger charge is -2.36. The van der Waals surface area contributed by atoms with E-state index in [0.717, 1.165) is 26.2 Å². The number of carbonyl (C=O) groups excluding carboxylic acids is 2. The van der Waals surface area contributed by atoms with E-state index in [4.69, 9.17) is 0 Å². The first-order valence-corrected chi connectivity index (χ1v) is 9.06. The molecule has 1 saturated heterocycles. The smallest absolute Gasteiger partial charge is 0.251 e. The summed E-state index contributed by atoms with van der Waals surface area (Å²) in [7, 11) is 0. The normalized spacial score (nSPS) is 14.2. The Morgan fingerprint density at radius 3 is 2.38 bits per heavy atom. The summed E-state index contributed by atoms with van der Waals surface area (Å²) in [5.74, 6) is -0.0371. The van der Waals surface area contributed by atoms with Crippen molar-refractivity contribution in [2.45, 2.75) is 13.3 Å². The van der Waals surface area contributed by atoms with Gasteiger partial charge in [-0.05, 0) is 36.8 Å². The second kappa shape index (κ2) is 8.52. The summed E-state index contributed by atoms with van der Waals surface area (Å²) >= 11 is 0. The van der Waals surface area contributed by atoms with Crippen LogP contribution < -0.4 is 10.2 Å². The fraction of sp³-hybridized carbons (Fsp3) is 0.333. The summed E-state index contributed by atoms with van der Waals surface area (Å²) in [6.45, 7) is 5.58. The molecule has 0 aliphatic carbocycles. The van der Waals surface area contributed by atoms with Gasteiger partial charge in [0, 0.05) is 50.4 Å². The van der Waals surface area contributed by atoms with Gasteiger partial charge in [-0.15, -0.1) is 0 Å². The van der Waals surface area contributed by atoms with Crippen molar-refractivity contribution in [2.24, 2.45) is 0 Å². The van der Waals surface area contributed by atoms with Crippen molar-refractivity contribution in [3.63, 3.8) is 0 Å². The van der Waals surface area contributed by atoms with E-state index in [0.29, 0.717) is 18.5 Å². The van der Waals surface area contributed by atoms with E-state index in [-0.39, 0.29) is 11.8 Å². The summed E-state index contributed by atoms with van der Waals surface area (Å²) in [6, 6.07) is 17.5. The first-order valence-electron chi connectivity index (χ1n) is 9.06. The van der Waals surface area contributed by atoms with Gasteiger partial charge in [0.05, 0.1) is 0 Å². The Bertz CT molecular complexity index is 753. The molecule has 0 atom stereocenters. The van der Waals surface area contributed by atoms with Crippen molar-refractivity contribution in [3.05, 3.63) is 65.7 Å². The average molecular weight is 351 g/mol. The van der Waals surface area contributed by atoms with Crippen LogP contribution >= 0.6 is 0 Å². The molecule has 2 aromatic rings. The molecule has 3 rings (SSSR count). The molecule has 1 aliphatic heterocycles. The van der Waals surface area contributed by atoms with Gasteiger partial charge >= 0.3 is 0 Å². The van der Waals surface area contributed by atoms with Crippen LogP contribution in [-0.2, 0) is 4.79 Å². The highest BCUT2D eigenvalue weighted by atomic mass is 16.2. The van der Waals surface area contributed by atoms with Crippen LogP contribution in [0.25, 0.3) is 0 Å². The van der Waals surface area contributed by atoms with Gasteiger partial charge in [0.25, 0.3) is 5.91 Å². The molecule has 136 valence electrons. The SMILES string of the molecule is Cc1cccc(N2CCN(C(=O)CCNC(=O)c3ccccc3)CC2)c1. The molecular weight excluding hydrogens is 326 g/mol. The first kappa shape index (κ1) is 18.0. The number of aryl methyl sites for hydroxylation is 1. The Hall–Kier alpha value is -2.82. The van der Waals surface area contributed by atoms with Crippen molar-refractivity contribution in [3.8, 4) is 0 Å². The van der Waals surface area contributed by atoms with E-state index in [1.807, 2.05) is 23.1 Å². The van der Waals surface area contributed by atoms with Gasteiger partial charge in [0.15, 0.2) is 0 Å². The molecule has 1 aliphatic rings. The zero-order valence-corrected chi connectivity index (χ0v) is 15.1. The molecule has 0 aromatic heterocycles. The van der Waals surface area contributed by atoms with Crippen molar-refractivity contribution < 1.29 is 9.59 Å². The molecule has 0 saturated carbocycles. The number of hydrogen-bond donors (Lipinski definition) is 1. The molecular formula is C21H25N3O2. The largest absolute Gasteiger partial charge is 0.368 e. The van der Waals surface area contributed by atoms with E-state index < -0.39 is 0 Å². The summed E-state index contributed by atoms with van der Waals surface area (Å²) in [5.41, 5.74) is 3.08. The molecule has 1 fully saturated rings. The zero-order chi connectivity index (χ0) is 18.4. The number of piperazine rings is 1. The Morgan fingerprint density at radius 1 is 0.962 bits per heavy atom. The lowest BCUT2D eigenvalue weighted by molar-refractivity contribution is -0.131.